The van der Waals surface area contributed by atoms with Crippen LogP contribution in [0.4, 0.5) is 5.69 Å². The van der Waals surface area contributed by atoms with Crippen LogP contribution in [-0.4, -0.2) is 49.1 Å². The van der Waals surface area contributed by atoms with Gasteiger partial charge in [0.05, 0.1) is 19.1 Å². The highest BCUT2D eigenvalue weighted by Gasteiger charge is 2.28. The van der Waals surface area contributed by atoms with E-state index in [1.54, 1.807) is 35.8 Å². The minimum Gasteiger partial charge on any atom is -0.492 e. The van der Waals surface area contributed by atoms with E-state index in [1.165, 1.54) is 16.9 Å². The smallest absolute Gasteiger partial charge is 0.296 e. The zero-order valence-electron chi connectivity index (χ0n) is 29.5. The molecule has 0 N–H and O–H groups in total. The quantitative estimate of drug-likeness (QED) is 0.0876. The Morgan fingerprint density at radius 1 is 0.556 bits per heavy atom. The fraction of sp³-hybridized carbons (Fsp3) is 0.0732. The number of hydrogen-bond donors (Lipinski definition) is 0. The molecule has 0 aliphatic carbocycles. The first kappa shape index (κ1) is 33.6. The van der Waals surface area contributed by atoms with E-state index in [4.69, 9.17) is 30.1 Å². The van der Waals surface area contributed by atoms with Crippen molar-refractivity contribution in [1.82, 2.24) is 30.0 Å². The molecule has 54 heavy (non-hydrogen) atoms. The van der Waals surface area contributed by atoms with Gasteiger partial charge in [-0.2, -0.15) is 0 Å². The molecule has 0 saturated carbocycles. The minimum atomic E-state index is -0.434. The number of hydrogen-bond acceptors (Lipinski definition) is 8. The Bertz CT molecular complexity index is 2610. The third kappa shape index (κ3) is 6.41. The summed E-state index contributed by atoms with van der Waals surface area (Å²) in [6.45, 7) is 2.05. The van der Waals surface area contributed by atoms with Crippen molar-refractivity contribution >= 4 is 5.69 Å². The predicted octanol–water partition coefficient (Wildman–Crippen LogP) is 6.64. The number of nitro benzene ring substituents is 1. The van der Waals surface area contributed by atoms with Gasteiger partial charge in [0.2, 0.25) is 11.4 Å². The molecule has 0 spiro atoms. The second-order valence-electron chi connectivity index (χ2n) is 12.3. The molecule has 0 fully saturated rings. The highest BCUT2D eigenvalue weighted by atomic mass is 16.6. The van der Waals surface area contributed by atoms with Crippen LogP contribution in [0, 0.1) is 17.0 Å². The average molecular weight is 716 g/mol. The van der Waals surface area contributed by atoms with E-state index in [9.17, 15) is 10.1 Å². The van der Waals surface area contributed by atoms with Gasteiger partial charge in [0.1, 0.15) is 10.4 Å². The van der Waals surface area contributed by atoms with Crippen molar-refractivity contribution in [1.29, 1.82) is 0 Å². The molecular weight excluding hydrogens is 683 g/mol. The summed E-state index contributed by atoms with van der Waals surface area (Å²) in [5.74, 6) is 2.33. The molecule has 13 heteroatoms. The fourth-order valence-electron chi connectivity index (χ4n) is 6.09. The number of aromatic nitrogens is 8. The Kier molecular flexibility index (Phi) is 8.85. The van der Waals surface area contributed by atoms with Gasteiger partial charge in [-0.05, 0) is 113 Å². The number of rotatable bonds is 10. The van der Waals surface area contributed by atoms with Crippen LogP contribution in [0.1, 0.15) is 5.56 Å². The number of methoxy groups -OCH3 is 2. The monoisotopic (exact) mass is 715 g/mol. The lowest BCUT2D eigenvalue weighted by Crippen LogP contribution is -2.37. The number of ether oxygens (including phenoxy) is 2. The van der Waals surface area contributed by atoms with Crippen LogP contribution >= 0.6 is 0 Å². The van der Waals surface area contributed by atoms with Crippen LogP contribution in [0.3, 0.4) is 0 Å². The SMILES string of the molecule is COc1cc(-c2ccc(-[n+]3nc(-c4ccccc4)n(-c4ccc([N+](=O)[O-])cc4)n3)c(OC)c2)ccc1-[n+]1nc(-c2ccccc2)n(-c2ccc(C)cc2)n1. The number of benzene rings is 6. The zero-order valence-corrected chi connectivity index (χ0v) is 29.5. The van der Waals surface area contributed by atoms with Gasteiger partial charge in [0.15, 0.2) is 22.9 Å². The van der Waals surface area contributed by atoms with E-state index in [0.29, 0.717) is 40.2 Å². The second kappa shape index (κ2) is 14.2. The van der Waals surface area contributed by atoms with Gasteiger partial charge in [-0.1, -0.05) is 63.5 Å². The van der Waals surface area contributed by atoms with Gasteiger partial charge in [-0.25, -0.2) is 0 Å². The van der Waals surface area contributed by atoms with Gasteiger partial charge < -0.3 is 9.47 Å². The molecule has 6 aromatic carbocycles. The van der Waals surface area contributed by atoms with E-state index in [0.717, 1.165) is 33.5 Å². The molecule has 0 radical (unpaired) electrons. The molecule has 0 aliphatic heterocycles. The molecule has 8 rings (SSSR count). The number of nitro groups is 1. The largest absolute Gasteiger partial charge is 0.492 e. The molecule has 2 aromatic heterocycles. The molecule has 0 aliphatic rings. The van der Waals surface area contributed by atoms with Crippen LogP contribution in [0.15, 0.2) is 146 Å². The van der Waals surface area contributed by atoms with Crippen LogP contribution in [-0.2, 0) is 0 Å². The second-order valence-corrected chi connectivity index (χ2v) is 12.3. The van der Waals surface area contributed by atoms with E-state index < -0.39 is 4.92 Å². The molecule has 8 aromatic rings. The third-order valence-electron chi connectivity index (χ3n) is 8.90. The lowest BCUT2D eigenvalue weighted by atomic mass is 10.0. The lowest BCUT2D eigenvalue weighted by Gasteiger charge is -2.09. The summed E-state index contributed by atoms with van der Waals surface area (Å²) in [7, 11) is 3.21. The number of tetrazole rings is 2. The molecule has 0 saturated heterocycles. The summed E-state index contributed by atoms with van der Waals surface area (Å²) >= 11 is 0. The maximum absolute atomic E-state index is 11.3. The predicted molar refractivity (Wildman–Crippen MR) is 200 cm³/mol. The fourth-order valence-corrected chi connectivity index (χ4v) is 6.09. The van der Waals surface area contributed by atoms with E-state index in [1.807, 2.05) is 133 Å². The molecule has 0 atom stereocenters. The Morgan fingerprint density at radius 3 is 1.39 bits per heavy atom. The van der Waals surface area contributed by atoms with Crippen LogP contribution in [0.25, 0.3) is 56.7 Å². The van der Waals surface area contributed by atoms with E-state index in [2.05, 4.69) is 0 Å². The summed E-state index contributed by atoms with van der Waals surface area (Å²) in [6, 6.07) is 45.5. The number of non-ortho nitro benzene ring substituents is 1. The van der Waals surface area contributed by atoms with E-state index >= 15 is 0 Å². The maximum Gasteiger partial charge on any atom is 0.296 e. The minimum absolute atomic E-state index is 0.0152. The summed E-state index contributed by atoms with van der Waals surface area (Å²) in [5.41, 5.74) is 7.38. The van der Waals surface area contributed by atoms with Crippen molar-refractivity contribution in [2.75, 3.05) is 14.2 Å². The van der Waals surface area contributed by atoms with Gasteiger partial charge in [0, 0.05) is 32.9 Å². The van der Waals surface area contributed by atoms with Crippen molar-refractivity contribution in [3.63, 3.8) is 0 Å². The topological polar surface area (TPSA) is 131 Å². The standard InChI is InChI=1S/C41H33N9O4/c1-28-14-18-33(19-15-28)46-40(29-10-6-4-7-11-29)42-48(44-46)36-24-16-31(26-38(36)53-2)32-17-25-37(39(27-32)54-3)49-43-41(30-12-8-5-9-13-30)47(45-49)34-20-22-35(23-21-34)50(51)52/h4-27H,1-3H3/q+2. The first-order valence-electron chi connectivity index (χ1n) is 17.0. The van der Waals surface area contributed by atoms with Crippen LogP contribution in [0.5, 0.6) is 11.5 Å². The van der Waals surface area contributed by atoms with Gasteiger partial charge in [-0.15, -0.1) is 0 Å². The van der Waals surface area contributed by atoms with E-state index in [-0.39, 0.29) is 5.69 Å². The molecule has 13 nitrogen and oxygen atoms in total. The first-order valence-corrected chi connectivity index (χ1v) is 17.0. The zero-order chi connectivity index (χ0) is 37.2. The Morgan fingerprint density at radius 2 is 0.981 bits per heavy atom. The molecule has 0 unspecified atom stereocenters. The Labute approximate surface area is 309 Å². The highest BCUT2D eigenvalue weighted by Crippen LogP contribution is 2.32. The lowest BCUT2D eigenvalue weighted by molar-refractivity contribution is -0.717. The van der Waals surface area contributed by atoms with Crippen LogP contribution in [0.2, 0.25) is 0 Å². The molecule has 264 valence electrons. The first-order chi connectivity index (χ1) is 26.4. The van der Waals surface area contributed by atoms with Crippen molar-refractivity contribution in [2.45, 2.75) is 6.92 Å². The highest BCUT2D eigenvalue weighted by molar-refractivity contribution is 5.70. The number of nitrogens with zero attached hydrogens (tertiary/aromatic N) is 9. The molecule has 0 bridgehead atoms. The third-order valence-corrected chi connectivity index (χ3v) is 8.90. The summed E-state index contributed by atoms with van der Waals surface area (Å²) in [4.78, 5) is 13.9. The van der Waals surface area contributed by atoms with Crippen molar-refractivity contribution in [3.05, 3.63) is 161 Å². The summed E-state index contributed by atoms with van der Waals surface area (Å²) < 4.78 is 15.2. The summed E-state index contributed by atoms with van der Waals surface area (Å²) in [5, 5.41) is 30.7. The van der Waals surface area contributed by atoms with Gasteiger partial charge >= 0.3 is 0 Å². The Hall–Kier alpha value is -7.54. The molecule has 2 heterocycles. The van der Waals surface area contributed by atoms with Crippen molar-refractivity contribution in [3.8, 4) is 68.2 Å². The number of aryl methyl sites for hydroxylation is 1. The normalized spacial score (nSPS) is 11.0. The average Bonchev–Trinajstić information content (AvgIpc) is 3.87. The molecular formula is C41H33N9O4+2. The van der Waals surface area contributed by atoms with Crippen molar-refractivity contribution < 1.29 is 24.0 Å². The molecule has 0 amide bonds. The Balaban J connectivity index is 1.16. The summed E-state index contributed by atoms with van der Waals surface area (Å²) in [6.07, 6.45) is 0. The van der Waals surface area contributed by atoms with Gasteiger partial charge in [-0.3, -0.25) is 10.1 Å². The van der Waals surface area contributed by atoms with Crippen molar-refractivity contribution in [2.24, 2.45) is 0 Å². The maximum atomic E-state index is 11.3. The van der Waals surface area contributed by atoms with Crippen LogP contribution < -0.4 is 19.1 Å². The van der Waals surface area contributed by atoms with Gasteiger partial charge in [0.25, 0.3) is 17.3 Å².